The molecule has 0 radical (unpaired) electrons. The Balaban J connectivity index is 2.51. The molecule has 0 bridgehead atoms. The molecule has 4 nitrogen and oxygen atoms in total. The molecule has 1 atom stereocenters. The molecule has 1 saturated heterocycles. The highest BCUT2D eigenvalue weighted by molar-refractivity contribution is 6.73. The summed E-state index contributed by atoms with van der Waals surface area (Å²) in [4.78, 5) is 10.2. The predicted octanol–water partition coefficient (Wildman–Crippen LogP) is 1.25. The normalized spacial score (nSPS) is 27.1. The standard InChI is InChI=1S/C7H16N2O2Si/c1-12(2,3)9-4-5-11-7(6-9)8-10/h7H,4-6H2,1-3H3. The molecule has 0 aliphatic carbocycles. The van der Waals surface area contributed by atoms with Gasteiger partial charge in [-0.05, 0) is 5.18 Å². The molecule has 0 saturated carbocycles. The third-order valence-electron chi connectivity index (χ3n) is 2.11. The number of rotatable bonds is 2. The van der Waals surface area contributed by atoms with Gasteiger partial charge in [0.25, 0.3) is 0 Å². The van der Waals surface area contributed by atoms with Crippen LogP contribution in [0.1, 0.15) is 0 Å². The first-order chi connectivity index (χ1) is 5.54. The number of nitrogens with zero attached hydrogens (tertiary/aromatic N) is 2. The third-order valence-corrected chi connectivity index (χ3v) is 4.42. The lowest BCUT2D eigenvalue weighted by Gasteiger charge is -2.38. The van der Waals surface area contributed by atoms with Crippen molar-refractivity contribution in [3.63, 3.8) is 0 Å². The molecule has 1 fully saturated rings. The number of morpholine rings is 1. The average molecular weight is 188 g/mol. The summed E-state index contributed by atoms with van der Waals surface area (Å²) in [5.41, 5.74) is 0. The van der Waals surface area contributed by atoms with E-state index in [2.05, 4.69) is 29.4 Å². The molecule has 12 heavy (non-hydrogen) atoms. The van der Waals surface area contributed by atoms with Crippen molar-refractivity contribution >= 4 is 8.24 Å². The van der Waals surface area contributed by atoms with Gasteiger partial charge in [-0.1, -0.05) is 19.6 Å². The van der Waals surface area contributed by atoms with E-state index in [1.54, 1.807) is 0 Å². The Morgan fingerprint density at radius 2 is 2.17 bits per heavy atom. The zero-order valence-corrected chi connectivity index (χ0v) is 8.91. The summed E-state index contributed by atoms with van der Waals surface area (Å²) in [6.45, 7) is 9.06. The average Bonchev–Trinajstić information content (AvgIpc) is 2.03. The molecule has 1 rings (SSSR count). The molecule has 0 spiro atoms. The van der Waals surface area contributed by atoms with E-state index in [0.29, 0.717) is 13.2 Å². The molecule has 1 unspecified atom stereocenters. The van der Waals surface area contributed by atoms with Crippen LogP contribution < -0.4 is 0 Å². The van der Waals surface area contributed by atoms with Crippen LogP contribution in [0.25, 0.3) is 0 Å². The predicted molar refractivity (Wildman–Crippen MR) is 50.5 cm³/mol. The zero-order valence-electron chi connectivity index (χ0n) is 7.91. The molecule has 0 aromatic rings. The summed E-state index contributed by atoms with van der Waals surface area (Å²) >= 11 is 0. The van der Waals surface area contributed by atoms with Crippen molar-refractivity contribution in [3.05, 3.63) is 4.91 Å². The fraction of sp³-hybridized carbons (Fsp3) is 1.00. The van der Waals surface area contributed by atoms with Crippen molar-refractivity contribution in [2.45, 2.75) is 25.9 Å². The van der Waals surface area contributed by atoms with Crippen LogP contribution in [0.3, 0.4) is 0 Å². The molecule has 5 heteroatoms. The lowest BCUT2D eigenvalue weighted by molar-refractivity contribution is 0.000223. The zero-order chi connectivity index (χ0) is 9.19. The summed E-state index contributed by atoms with van der Waals surface area (Å²) in [7, 11) is -1.26. The van der Waals surface area contributed by atoms with Crippen molar-refractivity contribution in [3.8, 4) is 0 Å². The number of hydrogen-bond acceptors (Lipinski definition) is 4. The quantitative estimate of drug-likeness (QED) is 0.484. The van der Waals surface area contributed by atoms with Gasteiger partial charge in [0.2, 0.25) is 6.23 Å². The highest BCUT2D eigenvalue weighted by atomic mass is 28.3. The van der Waals surface area contributed by atoms with E-state index in [1.165, 1.54) is 0 Å². The van der Waals surface area contributed by atoms with Crippen molar-refractivity contribution in [1.82, 2.24) is 4.57 Å². The van der Waals surface area contributed by atoms with Crippen LogP contribution in [0, 0.1) is 4.91 Å². The maximum Gasteiger partial charge on any atom is 0.201 e. The van der Waals surface area contributed by atoms with Crippen molar-refractivity contribution in [1.29, 1.82) is 0 Å². The summed E-state index contributed by atoms with van der Waals surface area (Å²) in [5.74, 6) is 0. The van der Waals surface area contributed by atoms with Crippen molar-refractivity contribution in [2.75, 3.05) is 19.7 Å². The van der Waals surface area contributed by atoms with E-state index in [1.807, 2.05) is 0 Å². The molecule has 1 aliphatic rings. The largest absolute Gasteiger partial charge is 0.351 e. The number of hydrogen-bond donors (Lipinski definition) is 0. The van der Waals surface area contributed by atoms with Gasteiger partial charge < -0.3 is 9.30 Å². The summed E-state index contributed by atoms with van der Waals surface area (Å²) < 4.78 is 7.50. The van der Waals surface area contributed by atoms with E-state index in [0.717, 1.165) is 6.54 Å². The molecular formula is C7H16N2O2Si. The van der Waals surface area contributed by atoms with E-state index < -0.39 is 14.5 Å². The van der Waals surface area contributed by atoms with Gasteiger partial charge in [-0.3, -0.25) is 0 Å². The van der Waals surface area contributed by atoms with Gasteiger partial charge in [-0.15, -0.1) is 4.91 Å². The van der Waals surface area contributed by atoms with Crippen LogP contribution in [0.2, 0.25) is 19.6 Å². The van der Waals surface area contributed by atoms with Gasteiger partial charge in [0.05, 0.1) is 6.61 Å². The molecule has 0 amide bonds. The highest BCUT2D eigenvalue weighted by Gasteiger charge is 2.30. The SMILES string of the molecule is C[Si](C)(C)N1CCOC(N=O)C1. The monoisotopic (exact) mass is 188 g/mol. The Labute approximate surface area is 74.0 Å². The summed E-state index contributed by atoms with van der Waals surface area (Å²) in [6.07, 6.45) is -0.439. The van der Waals surface area contributed by atoms with Gasteiger partial charge in [-0.25, -0.2) is 0 Å². The lowest BCUT2D eigenvalue weighted by atomic mass is 10.5. The topological polar surface area (TPSA) is 41.9 Å². The van der Waals surface area contributed by atoms with Crippen LogP contribution in [0.5, 0.6) is 0 Å². The van der Waals surface area contributed by atoms with Crippen molar-refractivity contribution < 1.29 is 4.74 Å². The lowest BCUT2D eigenvalue weighted by Crippen LogP contribution is -2.54. The van der Waals surface area contributed by atoms with E-state index in [9.17, 15) is 4.91 Å². The Morgan fingerprint density at radius 3 is 2.67 bits per heavy atom. The van der Waals surface area contributed by atoms with Gasteiger partial charge in [0.1, 0.15) is 8.24 Å². The molecule has 0 N–H and O–H groups in total. The summed E-state index contributed by atoms with van der Waals surface area (Å²) in [6, 6.07) is 0. The first kappa shape index (κ1) is 9.82. The number of ether oxygens (including phenoxy) is 1. The first-order valence-corrected chi connectivity index (χ1v) is 7.68. The second-order valence-electron chi connectivity index (χ2n) is 4.05. The molecular weight excluding hydrogens is 172 g/mol. The highest BCUT2D eigenvalue weighted by Crippen LogP contribution is 2.14. The van der Waals surface area contributed by atoms with Crippen molar-refractivity contribution in [2.24, 2.45) is 5.18 Å². The Morgan fingerprint density at radius 1 is 1.50 bits per heavy atom. The molecule has 0 aromatic carbocycles. The van der Waals surface area contributed by atoms with Crippen LogP contribution in [0.15, 0.2) is 5.18 Å². The second-order valence-corrected chi connectivity index (χ2v) is 9.02. The second kappa shape index (κ2) is 3.63. The van der Waals surface area contributed by atoms with Crippen LogP contribution in [-0.2, 0) is 4.74 Å². The van der Waals surface area contributed by atoms with E-state index >= 15 is 0 Å². The minimum atomic E-state index is -1.26. The smallest absolute Gasteiger partial charge is 0.201 e. The maximum absolute atomic E-state index is 10.2. The van der Waals surface area contributed by atoms with Gasteiger partial charge in [0, 0.05) is 13.1 Å². The molecule has 70 valence electrons. The summed E-state index contributed by atoms with van der Waals surface area (Å²) in [5, 5.41) is 2.92. The number of nitroso groups, excluding NO2 is 1. The van der Waals surface area contributed by atoms with E-state index in [4.69, 9.17) is 4.74 Å². The first-order valence-electron chi connectivity index (χ1n) is 4.23. The van der Waals surface area contributed by atoms with Crippen LogP contribution in [-0.4, -0.2) is 38.7 Å². The van der Waals surface area contributed by atoms with Gasteiger partial charge in [-0.2, -0.15) is 0 Å². The molecule has 1 aliphatic heterocycles. The van der Waals surface area contributed by atoms with Gasteiger partial charge in [0.15, 0.2) is 0 Å². The third kappa shape index (κ3) is 2.36. The minimum absolute atomic E-state index is 0.439. The van der Waals surface area contributed by atoms with Crippen LogP contribution in [0.4, 0.5) is 0 Å². The Hall–Kier alpha value is -0.263. The minimum Gasteiger partial charge on any atom is -0.351 e. The van der Waals surface area contributed by atoms with E-state index in [-0.39, 0.29) is 0 Å². The fourth-order valence-electron chi connectivity index (χ4n) is 1.30. The van der Waals surface area contributed by atoms with Gasteiger partial charge >= 0.3 is 0 Å². The fourth-order valence-corrected chi connectivity index (χ4v) is 2.77. The molecule has 1 heterocycles. The molecule has 0 aromatic heterocycles. The van der Waals surface area contributed by atoms with Crippen LogP contribution >= 0.6 is 0 Å². The Kier molecular flexibility index (Phi) is 2.97. The Bertz CT molecular complexity index is 169. The maximum atomic E-state index is 10.2.